The number of hydrogen-bond acceptors (Lipinski definition) is 4. The van der Waals surface area contributed by atoms with Crippen molar-refractivity contribution in [1.29, 1.82) is 0 Å². The van der Waals surface area contributed by atoms with E-state index in [4.69, 9.17) is 4.74 Å². The number of halogens is 1. The lowest BCUT2D eigenvalue weighted by atomic mass is 9.98. The first-order valence-corrected chi connectivity index (χ1v) is 10.1. The number of hydrogen-bond donors (Lipinski definition) is 1. The van der Waals surface area contributed by atoms with E-state index in [9.17, 15) is 9.59 Å². The number of carbonyl (C=O) groups is 2. The standard InChI is InChI=1S/C21H31N3O3.ClH/c1-3-17-6-8-19(9-7-17)27-16(2)20(25)23-11-13-24(14-12-23)21(26)18-5-4-10-22-15-18;/h6-9,16,18,22H,3-5,10-15H2,1-2H3;1H. The second-order valence-corrected chi connectivity index (χ2v) is 7.45. The van der Waals surface area contributed by atoms with Crippen LogP contribution in [0.2, 0.25) is 0 Å². The van der Waals surface area contributed by atoms with E-state index < -0.39 is 6.10 Å². The Labute approximate surface area is 174 Å². The van der Waals surface area contributed by atoms with Gasteiger partial charge in [0.2, 0.25) is 5.91 Å². The first-order chi connectivity index (χ1) is 13.1. The summed E-state index contributed by atoms with van der Waals surface area (Å²) in [5, 5.41) is 3.30. The molecular weight excluding hydrogens is 378 g/mol. The molecule has 0 spiro atoms. The highest BCUT2D eigenvalue weighted by Gasteiger charge is 2.31. The van der Waals surface area contributed by atoms with E-state index in [1.165, 1.54) is 5.56 Å². The van der Waals surface area contributed by atoms with Crippen LogP contribution >= 0.6 is 12.4 Å². The maximum absolute atomic E-state index is 12.7. The van der Waals surface area contributed by atoms with Crippen LogP contribution in [0.4, 0.5) is 0 Å². The Hall–Kier alpha value is -1.79. The zero-order valence-electron chi connectivity index (χ0n) is 16.9. The van der Waals surface area contributed by atoms with Crippen LogP contribution in [0.25, 0.3) is 0 Å². The van der Waals surface area contributed by atoms with Crippen molar-refractivity contribution >= 4 is 24.2 Å². The molecule has 2 aliphatic heterocycles. The molecule has 0 radical (unpaired) electrons. The second-order valence-electron chi connectivity index (χ2n) is 7.45. The molecule has 1 N–H and O–H groups in total. The zero-order valence-corrected chi connectivity index (χ0v) is 17.7. The second kappa shape index (κ2) is 10.7. The summed E-state index contributed by atoms with van der Waals surface area (Å²) in [6, 6.07) is 7.88. The van der Waals surface area contributed by atoms with Gasteiger partial charge in [-0.2, -0.15) is 0 Å². The largest absolute Gasteiger partial charge is 0.481 e. The van der Waals surface area contributed by atoms with Crippen LogP contribution in [0.5, 0.6) is 5.75 Å². The van der Waals surface area contributed by atoms with Gasteiger partial charge in [0.15, 0.2) is 6.10 Å². The van der Waals surface area contributed by atoms with Crippen molar-refractivity contribution in [3.63, 3.8) is 0 Å². The fourth-order valence-corrected chi connectivity index (χ4v) is 3.78. The summed E-state index contributed by atoms with van der Waals surface area (Å²) >= 11 is 0. The summed E-state index contributed by atoms with van der Waals surface area (Å²) in [5.41, 5.74) is 1.25. The van der Waals surface area contributed by atoms with Gasteiger partial charge < -0.3 is 19.9 Å². The van der Waals surface area contributed by atoms with Crippen molar-refractivity contribution < 1.29 is 14.3 Å². The lowest BCUT2D eigenvalue weighted by Gasteiger charge is -2.38. The summed E-state index contributed by atoms with van der Waals surface area (Å²) < 4.78 is 5.82. The Morgan fingerprint density at radius 2 is 1.79 bits per heavy atom. The molecule has 0 aromatic heterocycles. The van der Waals surface area contributed by atoms with Crippen LogP contribution in [-0.4, -0.2) is 67.0 Å². The molecule has 6 nitrogen and oxygen atoms in total. The number of carbonyl (C=O) groups excluding carboxylic acids is 2. The summed E-state index contributed by atoms with van der Waals surface area (Å²) in [5.74, 6) is 1.02. The van der Waals surface area contributed by atoms with E-state index in [1.54, 1.807) is 6.92 Å². The van der Waals surface area contributed by atoms with Crippen molar-refractivity contribution in [2.45, 2.75) is 39.2 Å². The quantitative estimate of drug-likeness (QED) is 0.809. The molecule has 2 atom stereocenters. The van der Waals surface area contributed by atoms with E-state index in [0.29, 0.717) is 31.9 Å². The molecule has 1 aromatic carbocycles. The SMILES string of the molecule is CCc1ccc(OC(C)C(=O)N2CCN(C(=O)C3CCCNC3)CC2)cc1.Cl. The summed E-state index contributed by atoms with van der Waals surface area (Å²) in [6.07, 6.45) is 2.48. The van der Waals surface area contributed by atoms with E-state index in [0.717, 1.165) is 32.4 Å². The Kier molecular flexibility index (Phi) is 8.58. The highest BCUT2D eigenvalue weighted by Crippen LogP contribution is 2.17. The maximum atomic E-state index is 12.7. The van der Waals surface area contributed by atoms with Crippen molar-refractivity contribution in [3.05, 3.63) is 29.8 Å². The Bertz CT molecular complexity index is 639. The van der Waals surface area contributed by atoms with Crippen molar-refractivity contribution in [2.75, 3.05) is 39.3 Å². The molecule has 0 saturated carbocycles. The van der Waals surface area contributed by atoms with Crippen LogP contribution < -0.4 is 10.1 Å². The van der Waals surface area contributed by atoms with Gasteiger partial charge >= 0.3 is 0 Å². The minimum atomic E-state index is -0.526. The van der Waals surface area contributed by atoms with Gasteiger partial charge in [0.05, 0.1) is 5.92 Å². The first kappa shape index (κ1) is 22.5. The van der Waals surface area contributed by atoms with Gasteiger partial charge in [0.25, 0.3) is 5.91 Å². The molecule has 0 bridgehead atoms. The molecule has 2 amide bonds. The molecule has 2 fully saturated rings. The number of nitrogens with zero attached hydrogens (tertiary/aromatic N) is 2. The number of aryl methyl sites for hydroxylation is 1. The molecule has 2 aliphatic rings. The summed E-state index contributed by atoms with van der Waals surface area (Å²) in [6.45, 7) is 8.06. The van der Waals surface area contributed by atoms with Crippen LogP contribution in [0, 0.1) is 5.92 Å². The van der Waals surface area contributed by atoms with Crippen molar-refractivity contribution in [2.24, 2.45) is 5.92 Å². The molecule has 156 valence electrons. The lowest BCUT2D eigenvalue weighted by molar-refractivity contribution is -0.145. The smallest absolute Gasteiger partial charge is 0.263 e. The normalized spacial score (nSPS) is 20.9. The van der Waals surface area contributed by atoms with E-state index >= 15 is 0 Å². The molecule has 2 saturated heterocycles. The number of piperazine rings is 1. The van der Waals surface area contributed by atoms with Crippen LogP contribution in [0.15, 0.2) is 24.3 Å². The third kappa shape index (κ3) is 5.61. The third-order valence-electron chi connectivity index (χ3n) is 5.54. The number of piperidine rings is 1. The molecule has 0 aliphatic carbocycles. The zero-order chi connectivity index (χ0) is 19.2. The Morgan fingerprint density at radius 3 is 2.36 bits per heavy atom. The number of ether oxygens (including phenoxy) is 1. The highest BCUT2D eigenvalue weighted by molar-refractivity contribution is 5.85. The highest BCUT2D eigenvalue weighted by atomic mass is 35.5. The number of amides is 2. The predicted molar refractivity (Wildman–Crippen MR) is 112 cm³/mol. The average Bonchev–Trinajstić information content (AvgIpc) is 2.74. The van der Waals surface area contributed by atoms with Crippen LogP contribution in [-0.2, 0) is 16.0 Å². The minimum absolute atomic E-state index is 0. The molecule has 2 heterocycles. The first-order valence-electron chi connectivity index (χ1n) is 10.1. The van der Waals surface area contributed by atoms with Crippen molar-refractivity contribution in [1.82, 2.24) is 15.1 Å². The number of nitrogens with one attached hydrogen (secondary N) is 1. The van der Waals surface area contributed by atoms with Gasteiger partial charge in [0.1, 0.15) is 5.75 Å². The average molecular weight is 410 g/mol. The van der Waals surface area contributed by atoms with Crippen LogP contribution in [0.3, 0.4) is 0 Å². The van der Waals surface area contributed by atoms with Gasteiger partial charge in [-0.3, -0.25) is 9.59 Å². The Balaban J connectivity index is 0.00000280. The van der Waals surface area contributed by atoms with Gasteiger partial charge in [-0.15, -0.1) is 12.4 Å². The van der Waals surface area contributed by atoms with Gasteiger partial charge in [0, 0.05) is 32.7 Å². The molecule has 7 heteroatoms. The Morgan fingerprint density at radius 1 is 1.14 bits per heavy atom. The topological polar surface area (TPSA) is 61.9 Å². The number of rotatable bonds is 5. The van der Waals surface area contributed by atoms with Gasteiger partial charge in [-0.25, -0.2) is 0 Å². The predicted octanol–water partition coefficient (Wildman–Crippen LogP) is 2.11. The fourth-order valence-electron chi connectivity index (χ4n) is 3.78. The van der Waals surface area contributed by atoms with Crippen molar-refractivity contribution in [3.8, 4) is 5.75 Å². The summed E-state index contributed by atoms with van der Waals surface area (Å²) in [7, 11) is 0. The molecule has 2 unspecified atom stereocenters. The number of benzene rings is 1. The van der Waals surface area contributed by atoms with E-state index in [-0.39, 0.29) is 30.1 Å². The molecular formula is C21H32ClN3O3. The molecule has 1 aromatic rings. The minimum Gasteiger partial charge on any atom is -0.481 e. The van der Waals surface area contributed by atoms with E-state index in [1.807, 2.05) is 34.1 Å². The maximum Gasteiger partial charge on any atom is 0.263 e. The van der Waals surface area contributed by atoms with Gasteiger partial charge in [-0.1, -0.05) is 19.1 Å². The van der Waals surface area contributed by atoms with E-state index in [2.05, 4.69) is 12.2 Å². The molecule has 28 heavy (non-hydrogen) atoms. The fraction of sp³-hybridized carbons (Fsp3) is 0.619. The molecule has 3 rings (SSSR count). The van der Waals surface area contributed by atoms with Gasteiger partial charge in [-0.05, 0) is 50.4 Å². The summed E-state index contributed by atoms with van der Waals surface area (Å²) in [4.78, 5) is 29.0. The van der Waals surface area contributed by atoms with Crippen LogP contribution in [0.1, 0.15) is 32.3 Å². The monoisotopic (exact) mass is 409 g/mol. The lowest BCUT2D eigenvalue weighted by Crippen LogP contribution is -2.55. The third-order valence-corrected chi connectivity index (χ3v) is 5.54.